The van der Waals surface area contributed by atoms with Crippen LogP contribution in [0.4, 0.5) is 0 Å². The second-order valence-corrected chi connectivity index (χ2v) is 6.20. The van der Waals surface area contributed by atoms with Crippen LogP contribution in [-0.2, 0) is 14.2 Å². The maximum Gasteiger partial charge on any atom is 0.336 e. The SMILES string of the molecule is O=C1C[C@H]2C(C[C@@H](OB(P)P)[C@@H]2CO)O1. The molecule has 0 spiro atoms. The second-order valence-electron chi connectivity index (χ2n) is 4.12. The third-order valence-electron chi connectivity index (χ3n) is 3.20. The van der Waals surface area contributed by atoms with Crippen molar-refractivity contribution >= 4 is 30.6 Å². The van der Waals surface area contributed by atoms with Crippen LogP contribution in [0.5, 0.6) is 0 Å². The Bertz CT molecular complexity index is 263. The summed E-state index contributed by atoms with van der Waals surface area (Å²) in [5, 5.41) is 9.32. The van der Waals surface area contributed by atoms with Gasteiger partial charge in [-0.15, -0.1) is 18.2 Å². The summed E-state index contributed by atoms with van der Waals surface area (Å²) in [6.45, 7) is 0.0600. The van der Waals surface area contributed by atoms with Crippen LogP contribution in [0.25, 0.3) is 0 Å². The summed E-state index contributed by atoms with van der Waals surface area (Å²) in [5.41, 5.74) is 0. The summed E-state index contributed by atoms with van der Waals surface area (Å²) in [7, 11) is 5.08. The third-order valence-corrected chi connectivity index (χ3v) is 3.51. The van der Waals surface area contributed by atoms with E-state index in [0.29, 0.717) is 12.8 Å². The molecule has 0 amide bonds. The van der Waals surface area contributed by atoms with E-state index in [0.717, 1.165) is 0 Å². The first-order valence-corrected chi connectivity index (χ1v) is 6.42. The Morgan fingerprint density at radius 1 is 1.60 bits per heavy atom. The fraction of sp³-hybridized carbons (Fsp3) is 0.875. The molecule has 2 rings (SSSR count). The van der Waals surface area contributed by atoms with Gasteiger partial charge in [-0.25, -0.2) is 0 Å². The Balaban J connectivity index is 2.03. The number of carbonyl (C=O) groups is 1. The average Bonchev–Trinajstić information content (AvgIpc) is 2.59. The van der Waals surface area contributed by atoms with Crippen LogP contribution in [0.15, 0.2) is 0 Å². The van der Waals surface area contributed by atoms with Crippen LogP contribution in [0.2, 0.25) is 0 Å². The number of carbonyl (C=O) groups excluding carboxylic acids is 1. The van der Waals surface area contributed by atoms with Gasteiger partial charge in [-0.1, -0.05) is 0 Å². The topological polar surface area (TPSA) is 55.8 Å². The Labute approximate surface area is 93.9 Å². The van der Waals surface area contributed by atoms with Crippen LogP contribution >= 0.6 is 18.2 Å². The standard InChI is InChI=1S/C8H15BO4P2/c10-3-5-4-1-8(11)12-6(4)2-7(5)13-9(14)15/h4-7,10H,1-3,14-15H2/t4-,5-,6?,7-/m1/s1. The van der Waals surface area contributed by atoms with E-state index in [4.69, 9.17) is 9.39 Å². The van der Waals surface area contributed by atoms with Gasteiger partial charge in [0.2, 0.25) is 0 Å². The maximum atomic E-state index is 11.1. The molecule has 1 aliphatic carbocycles. The van der Waals surface area contributed by atoms with Crippen LogP contribution < -0.4 is 0 Å². The highest BCUT2D eigenvalue weighted by molar-refractivity contribution is 7.92. The first-order valence-electron chi connectivity index (χ1n) is 5.08. The van der Waals surface area contributed by atoms with Crippen LogP contribution in [0.1, 0.15) is 12.8 Å². The summed E-state index contributed by atoms with van der Waals surface area (Å²) < 4.78 is 10.8. The lowest BCUT2D eigenvalue weighted by Crippen LogP contribution is -2.28. The van der Waals surface area contributed by atoms with E-state index < -0.39 is 0 Å². The van der Waals surface area contributed by atoms with Gasteiger partial charge in [-0.3, -0.25) is 4.79 Å². The molecule has 1 N–H and O–H groups in total. The highest BCUT2D eigenvalue weighted by atomic mass is 31.1. The Morgan fingerprint density at radius 3 is 2.93 bits per heavy atom. The first kappa shape index (κ1) is 11.8. The fourth-order valence-electron chi connectivity index (χ4n) is 2.57. The molecule has 4 nitrogen and oxygen atoms in total. The predicted octanol–water partition coefficient (Wildman–Crippen LogP) is 0.0506. The molecule has 0 aromatic heterocycles. The average molecular weight is 248 g/mol. The molecule has 0 radical (unpaired) electrons. The molecule has 84 valence electrons. The van der Waals surface area contributed by atoms with Gasteiger partial charge in [0.15, 0.2) is 0 Å². The van der Waals surface area contributed by atoms with Crippen molar-refractivity contribution in [1.29, 1.82) is 0 Å². The Hall–Kier alpha value is 0.315. The van der Waals surface area contributed by atoms with Crippen molar-refractivity contribution in [3.05, 3.63) is 0 Å². The van der Waals surface area contributed by atoms with E-state index in [2.05, 4.69) is 18.2 Å². The number of ether oxygens (including phenoxy) is 1. The third kappa shape index (κ3) is 2.36. The monoisotopic (exact) mass is 248 g/mol. The van der Waals surface area contributed by atoms with E-state index in [1.165, 1.54) is 0 Å². The molecule has 7 heteroatoms. The Morgan fingerprint density at radius 2 is 2.33 bits per heavy atom. The van der Waals surface area contributed by atoms with Crippen molar-refractivity contribution in [3.8, 4) is 0 Å². The van der Waals surface area contributed by atoms with Crippen molar-refractivity contribution in [1.82, 2.24) is 0 Å². The van der Waals surface area contributed by atoms with Gasteiger partial charge in [-0.05, 0) is 0 Å². The van der Waals surface area contributed by atoms with Crippen molar-refractivity contribution < 1.29 is 19.3 Å². The fourth-order valence-corrected chi connectivity index (χ4v) is 2.97. The van der Waals surface area contributed by atoms with E-state index >= 15 is 0 Å². The van der Waals surface area contributed by atoms with Gasteiger partial charge in [0.1, 0.15) is 6.10 Å². The summed E-state index contributed by atoms with van der Waals surface area (Å²) in [6.07, 6.45) is 1.07. The van der Waals surface area contributed by atoms with Gasteiger partial charge in [0.05, 0.1) is 6.42 Å². The molecule has 3 unspecified atom stereocenters. The second kappa shape index (κ2) is 4.67. The quantitative estimate of drug-likeness (QED) is 0.435. The number of hydrogen-bond acceptors (Lipinski definition) is 4. The number of aliphatic hydroxyl groups excluding tert-OH is 1. The normalized spacial score (nSPS) is 39.0. The molecule has 2 aliphatic rings. The molecule has 1 aliphatic heterocycles. The molecule has 1 saturated heterocycles. The number of rotatable bonds is 3. The van der Waals surface area contributed by atoms with E-state index in [1.54, 1.807) is 0 Å². The number of aliphatic hydroxyl groups is 1. The lowest BCUT2D eigenvalue weighted by Gasteiger charge is -2.22. The predicted molar refractivity (Wildman–Crippen MR) is 63.2 cm³/mol. The van der Waals surface area contributed by atoms with Crippen molar-refractivity contribution in [2.45, 2.75) is 25.0 Å². The highest BCUT2D eigenvalue weighted by Gasteiger charge is 2.50. The zero-order valence-electron chi connectivity index (χ0n) is 8.33. The van der Waals surface area contributed by atoms with Gasteiger partial charge in [0.25, 0.3) is 0 Å². The largest absolute Gasteiger partial charge is 0.462 e. The highest BCUT2D eigenvalue weighted by Crippen LogP contribution is 2.43. The maximum absolute atomic E-state index is 11.1. The van der Waals surface area contributed by atoms with Crippen molar-refractivity contribution in [2.75, 3.05) is 6.61 Å². The minimum Gasteiger partial charge on any atom is -0.462 e. The van der Waals surface area contributed by atoms with Crippen LogP contribution in [0.3, 0.4) is 0 Å². The summed E-state index contributed by atoms with van der Waals surface area (Å²) in [4.78, 5) is 11.1. The van der Waals surface area contributed by atoms with Gasteiger partial charge >= 0.3 is 12.3 Å². The molecule has 6 atom stereocenters. The molecule has 0 aromatic carbocycles. The van der Waals surface area contributed by atoms with Crippen molar-refractivity contribution in [2.24, 2.45) is 11.8 Å². The summed E-state index contributed by atoms with van der Waals surface area (Å²) in [6, 6.07) is 0. The minimum atomic E-state index is -0.143. The molecular formula is C8H15BO4P2. The van der Waals surface area contributed by atoms with Gasteiger partial charge < -0.3 is 14.5 Å². The molecular weight excluding hydrogens is 233 g/mol. The van der Waals surface area contributed by atoms with Crippen LogP contribution in [0, 0.1) is 11.8 Å². The molecule has 1 saturated carbocycles. The van der Waals surface area contributed by atoms with Gasteiger partial charge in [0, 0.05) is 31.0 Å². The van der Waals surface area contributed by atoms with E-state index in [1.807, 2.05) is 0 Å². The number of fused-ring (bicyclic) bond motifs is 1. The smallest absolute Gasteiger partial charge is 0.336 e. The van der Waals surface area contributed by atoms with E-state index in [9.17, 15) is 9.90 Å². The van der Waals surface area contributed by atoms with E-state index in [-0.39, 0.29) is 43.0 Å². The summed E-state index contributed by atoms with van der Waals surface area (Å²) >= 11 is 0. The lowest BCUT2D eigenvalue weighted by molar-refractivity contribution is -0.141. The molecule has 0 aromatic rings. The lowest BCUT2D eigenvalue weighted by atomic mass is 9.93. The minimum absolute atomic E-state index is 0.00176. The zero-order valence-corrected chi connectivity index (χ0v) is 10.6. The number of esters is 1. The van der Waals surface area contributed by atoms with Crippen molar-refractivity contribution in [3.63, 3.8) is 0 Å². The van der Waals surface area contributed by atoms with Crippen LogP contribution in [-0.4, -0.2) is 36.2 Å². The zero-order chi connectivity index (χ0) is 11.0. The molecule has 0 bridgehead atoms. The van der Waals surface area contributed by atoms with Gasteiger partial charge in [-0.2, -0.15) is 0 Å². The Kier molecular flexibility index (Phi) is 3.67. The molecule has 15 heavy (non-hydrogen) atoms. The summed E-state index contributed by atoms with van der Waals surface area (Å²) in [5.74, 6) is 0.0292. The number of hydrogen-bond donors (Lipinski definition) is 1. The molecule has 2 fully saturated rings. The molecule has 1 heterocycles. The first-order chi connectivity index (χ1) is 7.11.